The minimum Gasteiger partial charge on any atom is -0.480 e. The Morgan fingerprint density at radius 2 is 2.31 bits per heavy atom. The van der Waals surface area contributed by atoms with Gasteiger partial charge in [-0.15, -0.1) is 0 Å². The van der Waals surface area contributed by atoms with E-state index in [4.69, 9.17) is 5.11 Å². The summed E-state index contributed by atoms with van der Waals surface area (Å²) in [6.45, 7) is 0.630. The summed E-state index contributed by atoms with van der Waals surface area (Å²) in [7, 11) is 0. The number of nitrogens with one attached hydrogen (secondary N) is 2. The minimum absolute atomic E-state index is 0.0133. The average molecular weight is 184 g/mol. The van der Waals surface area contributed by atoms with E-state index in [1.165, 1.54) is 0 Å². The van der Waals surface area contributed by atoms with Crippen LogP contribution in [0, 0.1) is 11.8 Å². The van der Waals surface area contributed by atoms with Gasteiger partial charge in [-0.25, -0.2) is 0 Å². The van der Waals surface area contributed by atoms with Crippen molar-refractivity contribution < 1.29 is 14.7 Å². The maximum atomic E-state index is 11.4. The fourth-order valence-electron chi connectivity index (χ4n) is 2.15. The third kappa shape index (κ3) is 1.39. The molecule has 5 nitrogen and oxygen atoms in total. The number of amides is 1. The summed E-state index contributed by atoms with van der Waals surface area (Å²) >= 11 is 0. The van der Waals surface area contributed by atoms with E-state index >= 15 is 0 Å². The number of carboxylic acids is 1. The average Bonchev–Trinajstić information content (AvgIpc) is 2.60. The molecule has 2 aliphatic heterocycles. The lowest BCUT2D eigenvalue weighted by Crippen LogP contribution is -2.48. The molecule has 0 aromatic heterocycles. The van der Waals surface area contributed by atoms with Crippen molar-refractivity contribution in [3.05, 3.63) is 0 Å². The van der Waals surface area contributed by atoms with Crippen molar-refractivity contribution in [1.29, 1.82) is 0 Å². The molecular weight excluding hydrogens is 172 g/mol. The Morgan fingerprint density at radius 3 is 2.77 bits per heavy atom. The van der Waals surface area contributed by atoms with E-state index in [2.05, 4.69) is 10.6 Å². The second-order valence-corrected chi connectivity index (χ2v) is 3.65. The first-order valence-corrected chi connectivity index (χ1v) is 4.41. The molecule has 0 spiro atoms. The first kappa shape index (κ1) is 8.50. The number of hydrogen-bond acceptors (Lipinski definition) is 3. The number of hydrogen-bond donors (Lipinski definition) is 3. The maximum Gasteiger partial charge on any atom is 0.322 e. The van der Waals surface area contributed by atoms with E-state index in [-0.39, 0.29) is 18.4 Å². The number of rotatable bonds is 3. The van der Waals surface area contributed by atoms with Crippen LogP contribution in [0.25, 0.3) is 0 Å². The van der Waals surface area contributed by atoms with Gasteiger partial charge in [0, 0.05) is 6.04 Å². The standard InChI is InChI=1S/C8H12N2O3/c11-6(12)3-10-8(13)7-4-1-5(7)9-2-4/h4-5,7,9H,1-3H2,(H,10,13)(H,11,12). The second-order valence-electron chi connectivity index (χ2n) is 3.65. The maximum absolute atomic E-state index is 11.4. The zero-order valence-electron chi connectivity index (χ0n) is 7.12. The number of carbonyl (C=O) groups excluding carboxylic acids is 1. The highest BCUT2D eigenvalue weighted by Gasteiger charge is 2.50. The van der Waals surface area contributed by atoms with Crippen molar-refractivity contribution in [2.45, 2.75) is 12.5 Å². The van der Waals surface area contributed by atoms with Gasteiger partial charge >= 0.3 is 5.97 Å². The Hall–Kier alpha value is -1.10. The normalized spacial score (nSPS) is 35.2. The predicted octanol–water partition coefficient (Wildman–Crippen LogP) is -1.20. The van der Waals surface area contributed by atoms with Crippen LogP contribution in [-0.4, -0.2) is 36.1 Å². The van der Waals surface area contributed by atoms with Crippen LogP contribution in [0.1, 0.15) is 6.42 Å². The minimum atomic E-state index is -0.993. The molecule has 1 amide bonds. The molecule has 3 unspecified atom stereocenters. The summed E-state index contributed by atoms with van der Waals surface area (Å²) in [6, 6.07) is 0.291. The van der Waals surface area contributed by atoms with Crippen LogP contribution in [0.3, 0.4) is 0 Å². The van der Waals surface area contributed by atoms with Crippen molar-refractivity contribution in [2.24, 2.45) is 11.8 Å². The van der Waals surface area contributed by atoms with Gasteiger partial charge in [0.25, 0.3) is 0 Å². The highest BCUT2D eigenvalue weighted by molar-refractivity contribution is 5.84. The predicted molar refractivity (Wildman–Crippen MR) is 44.0 cm³/mol. The Bertz CT molecular complexity index is 240. The summed E-state index contributed by atoms with van der Waals surface area (Å²) in [4.78, 5) is 21.6. The molecule has 1 saturated carbocycles. The summed E-state index contributed by atoms with van der Waals surface area (Å²) in [6.07, 6.45) is 1.06. The molecule has 2 heterocycles. The third-order valence-corrected chi connectivity index (χ3v) is 2.86. The molecule has 3 N–H and O–H groups in total. The van der Waals surface area contributed by atoms with Gasteiger partial charge in [0.05, 0.1) is 5.92 Å². The lowest BCUT2D eigenvalue weighted by atomic mass is 9.73. The summed E-state index contributed by atoms with van der Waals surface area (Å²) in [5, 5.41) is 14.0. The van der Waals surface area contributed by atoms with E-state index in [0.717, 1.165) is 13.0 Å². The van der Waals surface area contributed by atoms with Crippen LogP contribution in [0.2, 0.25) is 0 Å². The van der Waals surface area contributed by atoms with E-state index in [1.54, 1.807) is 0 Å². The first-order valence-electron chi connectivity index (χ1n) is 4.41. The summed E-state index contributed by atoms with van der Waals surface area (Å²) < 4.78 is 0. The van der Waals surface area contributed by atoms with Crippen LogP contribution in [-0.2, 0) is 9.59 Å². The number of fused-ring (bicyclic) bond motifs is 1. The van der Waals surface area contributed by atoms with Crippen molar-refractivity contribution in [3.8, 4) is 0 Å². The third-order valence-electron chi connectivity index (χ3n) is 2.86. The molecule has 3 aliphatic rings. The molecular formula is C8H12N2O3. The molecule has 1 aliphatic carbocycles. The van der Waals surface area contributed by atoms with Gasteiger partial charge in [0.2, 0.25) is 5.91 Å². The number of carboxylic acid groups (broad SMARTS) is 1. The van der Waals surface area contributed by atoms with Gasteiger partial charge in [-0.2, -0.15) is 0 Å². The zero-order valence-corrected chi connectivity index (χ0v) is 7.12. The van der Waals surface area contributed by atoms with Crippen LogP contribution in [0.5, 0.6) is 0 Å². The summed E-state index contributed by atoms with van der Waals surface area (Å²) in [5.41, 5.74) is 0. The summed E-state index contributed by atoms with van der Waals surface area (Å²) in [5.74, 6) is -0.667. The topological polar surface area (TPSA) is 78.4 Å². The second kappa shape index (κ2) is 2.99. The molecule has 3 atom stereocenters. The molecule has 13 heavy (non-hydrogen) atoms. The van der Waals surface area contributed by atoms with Crippen molar-refractivity contribution >= 4 is 11.9 Å². The smallest absolute Gasteiger partial charge is 0.322 e. The van der Waals surface area contributed by atoms with E-state index in [9.17, 15) is 9.59 Å². The van der Waals surface area contributed by atoms with Gasteiger partial charge in [0.15, 0.2) is 0 Å². The molecule has 5 heteroatoms. The molecule has 2 bridgehead atoms. The lowest BCUT2D eigenvalue weighted by Gasteiger charge is -2.32. The molecule has 3 rings (SSSR count). The van der Waals surface area contributed by atoms with E-state index in [0.29, 0.717) is 12.0 Å². The Morgan fingerprint density at radius 1 is 1.54 bits per heavy atom. The van der Waals surface area contributed by atoms with Gasteiger partial charge in [-0.3, -0.25) is 9.59 Å². The molecule has 0 radical (unpaired) electrons. The van der Waals surface area contributed by atoms with Gasteiger partial charge in [-0.1, -0.05) is 0 Å². The van der Waals surface area contributed by atoms with Crippen LogP contribution < -0.4 is 10.6 Å². The van der Waals surface area contributed by atoms with Crippen LogP contribution in [0.4, 0.5) is 0 Å². The molecule has 0 aromatic carbocycles. The molecule has 3 fully saturated rings. The van der Waals surface area contributed by atoms with Crippen molar-refractivity contribution in [1.82, 2.24) is 10.6 Å². The molecule has 72 valence electrons. The quantitative estimate of drug-likeness (QED) is 0.514. The van der Waals surface area contributed by atoms with Crippen LogP contribution in [0.15, 0.2) is 0 Å². The number of carbonyl (C=O) groups is 2. The SMILES string of the molecule is O=C(O)CNC(=O)C1C2CNC1C2. The molecule has 0 aromatic rings. The fourth-order valence-corrected chi connectivity index (χ4v) is 2.15. The number of aliphatic carboxylic acids is 1. The van der Waals surface area contributed by atoms with Gasteiger partial charge in [-0.05, 0) is 18.9 Å². The Kier molecular flexibility index (Phi) is 1.95. The van der Waals surface area contributed by atoms with E-state index in [1.807, 2.05) is 0 Å². The monoisotopic (exact) mass is 184 g/mol. The fraction of sp³-hybridized carbons (Fsp3) is 0.750. The van der Waals surface area contributed by atoms with Crippen molar-refractivity contribution in [3.63, 3.8) is 0 Å². The van der Waals surface area contributed by atoms with Crippen LogP contribution >= 0.6 is 0 Å². The molecule has 2 saturated heterocycles. The van der Waals surface area contributed by atoms with E-state index < -0.39 is 5.97 Å². The highest BCUT2D eigenvalue weighted by atomic mass is 16.4. The highest BCUT2D eigenvalue weighted by Crippen LogP contribution is 2.39. The Labute approximate surface area is 75.5 Å². The largest absolute Gasteiger partial charge is 0.480 e. The lowest BCUT2D eigenvalue weighted by molar-refractivity contribution is -0.139. The van der Waals surface area contributed by atoms with Crippen molar-refractivity contribution in [2.75, 3.05) is 13.1 Å². The first-order chi connectivity index (χ1) is 6.18. The van der Waals surface area contributed by atoms with Gasteiger partial charge in [0.1, 0.15) is 6.54 Å². The van der Waals surface area contributed by atoms with Gasteiger partial charge < -0.3 is 15.7 Å². The zero-order chi connectivity index (χ0) is 9.42. The Balaban J connectivity index is 1.81.